The van der Waals surface area contributed by atoms with Crippen LogP contribution < -0.4 is 10.6 Å². The third-order valence-electron chi connectivity index (χ3n) is 5.50. The molecule has 1 fully saturated rings. The zero-order chi connectivity index (χ0) is 23.2. The smallest absolute Gasteiger partial charge is 0.257 e. The lowest BCUT2D eigenvalue weighted by Crippen LogP contribution is -2.46. The van der Waals surface area contributed by atoms with Crippen molar-refractivity contribution in [3.8, 4) is 0 Å². The summed E-state index contributed by atoms with van der Waals surface area (Å²) in [5.74, 6) is 0.510. The highest BCUT2D eigenvalue weighted by Crippen LogP contribution is 2.17. The first-order valence-electron chi connectivity index (χ1n) is 10.7. The molecule has 0 bridgehead atoms. The van der Waals surface area contributed by atoms with Crippen LogP contribution in [0.15, 0.2) is 71.3 Å². The summed E-state index contributed by atoms with van der Waals surface area (Å²) in [6.45, 7) is 3.33. The molecule has 0 radical (unpaired) electrons. The second kappa shape index (κ2) is 11.7. The summed E-state index contributed by atoms with van der Waals surface area (Å²) in [7, 11) is 0. The van der Waals surface area contributed by atoms with E-state index < -0.39 is 0 Å². The number of nitrogens with one attached hydrogen (secondary N) is 3. The zero-order valence-corrected chi connectivity index (χ0v) is 19.6. The fourth-order valence-corrected chi connectivity index (χ4v) is 3.92. The maximum absolute atomic E-state index is 12.9. The second-order valence-electron chi connectivity index (χ2n) is 7.74. The minimum atomic E-state index is -0.312. The Morgan fingerprint density at radius 1 is 1.00 bits per heavy atom. The van der Waals surface area contributed by atoms with Crippen LogP contribution in [0.2, 0.25) is 0 Å². The maximum Gasteiger partial charge on any atom is 0.257 e. The van der Waals surface area contributed by atoms with Crippen molar-refractivity contribution in [2.45, 2.75) is 13.8 Å². The third-order valence-corrected chi connectivity index (χ3v) is 5.96. The van der Waals surface area contributed by atoms with Crippen molar-refractivity contribution in [2.24, 2.45) is 0 Å². The van der Waals surface area contributed by atoms with E-state index in [4.69, 9.17) is 5.41 Å². The van der Waals surface area contributed by atoms with Gasteiger partial charge in [0.1, 0.15) is 11.7 Å². The van der Waals surface area contributed by atoms with Crippen molar-refractivity contribution in [1.82, 2.24) is 15.2 Å². The molecule has 4 rings (SSSR count). The van der Waals surface area contributed by atoms with Crippen molar-refractivity contribution in [2.75, 3.05) is 31.5 Å². The summed E-state index contributed by atoms with van der Waals surface area (Å²) in [4.78, 5) is 31.9. The van der Waals surface area contributed by atoms with Crippen molar-refractivity contribution in [3.05, 3.63) is 93.6 Å². The van der Waals surface area contributed by atoms with Crippen LogP contribution in [0, 0.1) is 5.41 Å². The van der Waals surface area contributed by atoms with Gasteiger partial charge in [-0.1, -0.05) is 49.9 Å². The lowest BCUT2D eigenvalue weighted by molar-refractivity contribution is 0.0992. The van der Waals surface area contributed by atoms with Crippen LogP contribution in [0.25, 0.3) is 0 Å². The molecule has 1 amide bonds. The van der Waals surface area contributed by atoms with Gasteiger partial charge in [0.15, 0.2) is 5.78 Å². The second-order valence-corrected chi connectivity index (χ2v) is 8.65. The number of hydrogen-bond acceptors (Lipinski definition) is 5. The highest BCUT2D eigenvalue weighted by atomic mass is 79.9. The summed E-state index contributed by atoms with van der Waals surface area (Å²) in [5.41, 5.74) is 2.43. The van der Waals surface area contributed by atoms with Gasteiger partial charge in [-0.25, -0.2) is 4.98 Å². The van der Waals surface area contributed by atoms with Crippen molar-refractivity contribution in [3.63, 3.8) is 0 Å². The molecule has 0 spiro atoms. The summed E-state index contributed by atoms with van der Waals surface area (Å²) in [5, 5.41) is 14.5. The molecule has 0 saturated carbocycles. The third kappa shape index (κ3) is 6.15. The number of anilines is 1. The fourth-order valence-electron chi connectivity index (χ4n) is 3.69. The van der Waals surface area contributed by atoms with E-state index in [1.807, 2.05) is 23.1 Å². The van der Waals surface area contributed by atoms with Crippen LogP contribution in [-0.2, 0) is 6.42 Å². The summed E-state index contributed by atoms with van der Waals surface area (Å²) >= 11 is 3.32. The highest BCUT2D eigenvalue weighted by Gasteiger charge is 2.17. The maximum atomic E-state index is 12.9. The van der Waals surface area contributed by atoms with E-state index in [-0.39, 0.29) is 25.5 Å². The first kappa shape index (κ1) is 25.3. The molecule has 0 unspecified atom stereocenters. The van der Waals surface area contributed by atoms with Gasteiger partial charge < -0.3 is 15.5 Å². The predicted octanol–water partition coefficient (Wildman–Crippen LogP) is 4.39. The Balaban J connectivity index is 0.00000324. The fraction of sp³-hybridized carbons (Fsp3) is 0.231. The monoisotopic (exact) mass is 521 g/mol. The molecule has 2 aromatic carbocycles. The molecular weight excluding hydrogens is 494 g/mol. The average Bonchev–Trinajstić information content (AvgIpc) is 2.86. The number of piperazine rings is 1. The lowest BCUT2D eigenvalue weighted by Gasteiger charge is -2.29. The van der Waals surface area contributed by atoms with Gasteiger partial charge in [-0.3, -0.25) is 15.0 Å². The molecule has 176 valence electrons. The number of halogens is 1. The topological polar surface area (TPSA) is 98.2 Å². The minimum absolute atomic E-state index is 0. The standard InChI is InChI=1S/C25H24BrN5O2.CH4/c26-20-9-10-23(29-16-20)30-25(33)21-4-2-1-3-19(21)15-22(32)17-5-7-18(8-6-17)24(27)31-13-11-28-12-14-31;/h1-10,16,27-28H,11-15H2,(H,29,30,33);1H4. The number of Topliss-reactive ketones (excluding diaryl/α,β-unsaturated/α-hetero) is 1. The van der Waals surface area contributed by atoms with Crippen LogP contribution in [0.4, 0.5) is 5.82 Å². The number of nitrogens with zero attached hydrogens (tertiary/aromatic N) is 2. The number of amides is 1. The molecule has 1 aliphatic heterocycles. The van der Waals surface area contributed by atoms with Gasteiger partial charge in [0, 0.05) is 60.0 Å². The van der Waals surface area contributed by atoms with E-state index in [0.29, 0.717) is 28.3 Å². The quantitative estimate of drug-likeness (QED) is 0.254. The Hall–Kier alpha value is -3.36. The molecule has 1 aromatic heterocycles. The number of ketones is 1. The number of rotatable bonds is 6. The molecular formula is C26H28BrN5O2. The molecule has 0 atom stereocenters. The average molecular weight is 522 g/mol. The Bertz CT molecular complexity index is 1160. The van der Waals surface area contributed by atoms with E-state index in [2.05, 4.69) is 31.5 Å². The molecule has 1 saturated heterocycles. The van der Waals surface area contributed by atoms with Crippen LogP contribution in [-0.4, -0.2) is 53.6 Å². The number of carbonyl (C=O) groups is 2. The van der Waals surface area contributed by atoms with E-state index in [1.165, 1.54) is 0 Å². The SMILES string of the molecule is C.N=C(c1ccc(C(=O)Cc2ccccc2C(=O)Nc2ccc(Br)cn2)cc1)N1CCNCC1. The molecule has 7 nitrogen and oxygen atoms in total. The number of pyridine rings is 1. The largest absolute Gasteiger partial charge is 0.354 e. The van der Waals surface area contributed by atoms with Crippen molar-refractivity contribution in [1.29, 1.82) is 5.41 Å². The Morgan fingerprint density at radius 3 is 2.35 bits per heavy atom. The van der Waals surface area contributed by atoms with E-state index >= 15 is 0 Å². The van der Waals surface area contributed by atoms with E-state index in [0.717, 1.165) is 36.2 Å². The Labute approximate surface area is 208 Å². The number of benzene rings is 2. The normalized spacial score (nSPS) is 13.0. The van der Waals surface area contributed by atoms with Crippen molar-refractivity contribution >= 4 is 39.3 Å². The first-order valence-corrected chi connectivity index (χ1v) is 11.5. The van der Waals surface area contributed by atoms with Gasteiger partial charge in [0.05, 0.1) is 0 Å². The minimum Gasteiger partial charge on any atom is -0.354 e. The number of aromatic nitrogens is 1. The molecule has 34 heavy (non-hydrogen) atoms. The summed E-state index contributed by atoms with van der Waals surface area (Å²) in [6, 6.07) is 17.7. The first-order chi connectivity index (χ1) is 16.0. The van der Waals surface area contributed by atoms with Crippen molar-refractivity contribution < 1.29 is 9.59 Å². The number of carbonyl (C=O) groups excluding carboxylic acids is 2. The number of amidine groups is 1. The molecule has 8 heteroatoms. The van der Waals surface area contributed by atoms with Gasteiger partial charge in [-0.15, -0.1) is 0 Å². The lowest BCUT2D eigenvalue weighted by atomic mass is 9.97. The highest BCUT2D eigenvalue weighted by molar-refractivity contribution is 9.10. The molecule has 2 heterocycles. The molecule has 3 N–H and O–H groups in total. The van der Waals surface area contributed by atoms with Gasteiger partial charge in [0.2, 0.25) is 0 Å². The zero-order valence-electron chi connectivity index (χ0n) is 18.0. The molecule has 0 aliphatic carbocycles. The molecule has 3 aromatic rings. The summed E-state index contributed by atoms with van der Waals surface area (Å²) in [6.07, 6.45) is 1.71. The van der Waals surface area contributed by atoms with Crippen LogP contribution in [0.5, 0.6) is 0 Å². The molecule has 1 aliphatic rings. The Kier molecular flexibility index (Phi) is 8.67. The Morgan fingerprint density at radius 2 is 1.68 bits per heavy atom. The van der Waals surface area contributed by atoms with Crippen LogP contribution in [0.3, 0.4) is 0 Å². The van der Waals surface area contributed by atoms with Gasteiger partial charge >= 0.3 is 0 Å². The van der Waals surface area contributed by atoms with E-state index in [1.54, 1.807) is 48.7 Å². The van der Waals surface area contributed by atoms with Gasteiger partial charge in [-0.2, -0.15) is 0 Å². The predicted molar refractivity (Wildman–Crippen MR) is 139 cm³/mol. The van der Waals surface area contributed by atoms with E-state index in [9.17, 15) is 9.59 Å². The summed E-state index contributed by atoms with van der Waals surface area (Å²) < 4.78 is 0.820. The van der Waals surface area contributed by atoms with Crippen LogP contribution in [0.1, 0.15) is 39.3 Å². The van der Waals surface area contributed by atoms with Crippen LogP contribution >= 0.6 is 15.9 Å². The van der Waals surface area contributed by atoms with Gasteiger partial charge in [-0.05, 0) is 39.7 Å². The van der Waals surface area contributed by atoms with Gasteiger partial charge in [0.25, 0.3) is 5.91 Å². The number of hydrogen-bond donors (Lipinski definition) is 3.